The SMILES string of the molecule is CCOc1cc(C=C2C(=O)NC(=S)N(c3cccc(C(=O)O)c3)C2=O)cc(I)c1OCc1ccc(Br)cc1. The van der Waals surface area contributed by atoms with Crippen LogP contribution in [0.25, 0.3) is 6.08 Å². The van der Waals surface area contributed by atoms with E-state index in [-0.39, 0.29) is 21.9 Å². The first kappa shape index (κ1) is 27.7. The van der Waals surface area contributed by atoms with Crippen molar-refractivity contribution in [2.24, 2.45) is 0 Å². The van der Waals surface area contributed by atoms with Gasteiger partial charge in [0, 0.05) is 4.47 Å². The molecule has 38 heavy (non-hydrogen) atoms. The number of nitrogens with one attached hydrogen (secondary N) is 1. The Bertz CT molecular complexity index is 1470. The van der Waals surface area contributed by atoms with Crippen LogP contribution in [0, 0.1) is 3.57 Å². The number of carbonyl (C=O) groups is 3. The molecule has 3 aromatic rings. The molecule has 0 unspecified atom stereocenters. The molecule has 1 aliphatic rings. The van der Waals surface area contributed by atoms with Crippen LogP contribution >= 0.6 is 50.7 Å². The van der Waals surface area contributed by atoms with Crippen molar-refractivity contribution in [3.05, 3.63) is 91.0 Å². The minimum absolute atomic E-state index is 0.0184. The van der Waals surface area contributed by atoms with E-state index in [0.29, 0.717) is 30.3 Å². The number of halogens is 2. The summed E-state index contributed by atoms with van der Waals surface area (Å²) in [6.07, 6.45) is 1.44. The molecule has 2 N–H and O–H groups in total. The van der Waals surface area contributed by atoms with Gasteiger partial charge in [0.15, 0.2) is 16.6 Å². The number of thiocarbonyl (C=S) groups is 1. The van der Waals surface area contributed by atoms with Crippen LogP contribution in [0.5, 0.6) is 11.5 Å². The van der Waals surface area contributed by atoms with Crippen molar-refractivity contribution in [1.82, 2.24) is 5.32 Å². The molecule has 0 aromatic heterocycles. The number of carbonyl (C=O) groups excluding carboxylic acids is 2. The molecular weight excluding hydrogens is 687 g/mol. The van der Waals surface area contributed by atoms with Crippen LogP contribution in [0.4, 0.5) is 5.69 Å². The van der Waals surface area contributed by atoms with E-state index in [2.05, 4.69) is 43.8 Å². The predicted octanol–water partition coefficient (Wildman–Crippen LogP) is 5.56. The lowest BCUT2D eigenvalue weighted by atomic mass is 10.1. The van der Waals surface area contributed by atoms with Crippen molar-refractivity contribution in [2.45, 2.75) is 13.5 Å². The van der Waals surface area contributed by atoms with E-state index in [1.165, 1.54) is 24.3 Å². The summed E-state index contributed by atoms with van der Waals surface area (Å²) in [5.41, 5.74) is 1.56. The van der Waals surface area contributed by atoms with Crippen LogP contribution in [-0.2, 0) is 16.2 Å². The summed E-state index contributed by atoms with van der Waals surface area (Å²) in [5.74, 6) is -1.47. The molecule has 4 rings (SSSR count). The number of ether oxygens (including phenoxy) is 2. The lowest BCUT2D eigenvalue weighted by Gasteiger charge is -2.29. The third kappa shape index (κ3) is 6.22. The van der Waals surface area contributed by atoms with E-state index in [1.807, 2.05) is 31.2 Å². The molecule has 0 spiro atoms. The second-order valence-corrected chi connectivity index (χ2v) is 10.5. The van der Waals surface area contributed by atoms with Crippen molar-refractivity contribution >= 4 is 85.4 Å². The van der Waals surface area contributed by atoms with Gasteiger partial charge in [-0.05, 0) is 101 Å². The highest BCUT2D eigenvalue weighted by molar-refractivity contribution is 14.1. The van der Waals surface area contributed by atoms with Gasteiger partial charge < -0.3 is 14.6 Å². The highest BCUT2D eigenvalue weighted by Gasteiger charge is 2.35. The Kier molecular flexibility index (Phi) is 8.80. The van der Waals surface area contributed by atoms with Gasteiger partial charge in [-0.25, -0.2) is 4.79 Å². The fourth-order valence-electron chi connectivity index (χ4n) is 3.65. The maximum atomic E-state index is 13.4. The first-order chi connectivity index (χ1) is 18.2. The van der Waals surface area contributed by atoms with Crippen molar-refractivity contribution in [3.63, 3.8) is 0 Å². The number of carboxylic acids is 1. The number of anilines is 1. The summed E-state index contributed by atoms with van der Waals surface area (Å²) in [4.78, 5) is 38.6. The highest BCUT2D eigenvalue weighted by Crippen LogP contribution is 2.36. The summed E-state index contributed by atoms with van der Waals surface area (Å²) in [6.45, 7) is 2.55. The van der Waals surface area contributed by atoms with Gasteiger partial charge in [0.1, 0.15) is 12.2 Å². The van der Waals surface area contributed by atoms with Crippen LogP contribution < -0.4 is 19.7 Å². The zero-order valence-electron chi connectivity index (χ0n) is 19.9. The van der Waals surface area contributed by atoms with Gasteiger partial charge in [-0.2, -0.15) is 0 Å². The highest BCUT2D eigenvalue weighted by atomic mass is 127. The average Bonchev–Trinajstić information content (AvgIpc) is 2.87. The van der Waals surface area contributed by atoms with Crippen molar-refractivity contribution in [3.8, 4) is 11.5 Å². The summed E-state index contributed by atoms with van der Waals surface area (Å²) in [6, 6.07) is 17.0. The molecule has 1 aliphatic heterocycles. The molecule has 0 atom stereocenters. The molecule has 0 bridgehead atoms. The van der Waals surface area contributed by atoms with Crippen LogP contribution in [0.1, 0.15) is 28.4 Å². The maximum absolute atomic E-state index is 13.4. The predicted molar refractivity (Wildman–Crippen MR) is 158 cm³/mol. The topological polar surface area (TPSA) is 105 Å². The van der Waals surface area contributed by atoms with Crippen LogP contribution in [0.15, 0.2) is 70.7 Å². The van der Waals surface area contributed by atoms with E-state index in [9.17, 15) is 19.5 Å². The van der Waals surface area contributed by atoms with Gasteiger partial charge >= 0.3 is 5.97 Å². The lowest BCUT2D eigenvalue weighted by Crippen LogP contribution is -2.54. The van der Waals surface area contributed by atoms with Gasteiger partial charge in [-0.15, -0.1) is 0 Å². The lowest BCUT2D eigenvalue weighted by molar-refractivity contribution is -0.122. The quantitative estimate of drug-likeness (QED) is 0.137. The molecular formula is C27H20BrIN2O6S. The maximum Gasteiger partial charge on any atom is 0.335 e. The van der Waals surface area contributed by atoms with Gasteiger partial charge in [-0.1, -0.05) is 34.1 Å². The zero-order valence-corrected chi connectivity index (χ0v) is 24.4. The largest absolute Gasteiger partial charge is 0.490 e. The molecule has 11 heteroatoms. The monoisotopic (exact) mass is 706 g/mol. The number of hydrogen-bond acceptors (Lipinski definition) is 6. The molecule has 0 saturated carbocycles. The molecule has 3 aromatic carbocycles. The molecule has 8 nitrogen and oxygen atoms in total. The Hall–Kier alpha value is -3.29. The van der Waals surface area contributed by atoms with E-state index in [4.69, 9.17) is 21.7 Å². The first-order valence-electron chi connectivity index (χ1n) is 11.3. The molecule has 1 fully saturated rings. The van der Waals surface area contributed by atoms with Crippen LogP contribution in [0.2, 0.25) is 0 Å². The second-order valence-electron chi connectivity index (χ2n) is 7.99. The third-order valence-electron chi connectivity index (χ3n) is 5.39. The van der Waals surface area contributed by atoms with Crippen LogP contribution in [-0.4, -0.2) is 34.6 Å². The van der Waals surface area contributed by atoms with E-state index >= 15 is 0 Å². The summed E-state index contributed by atoms with van der Waals surface area (Å²) < 4.78 is 13.6. The van der Waals surface area contributed by atoms with Crippen molar-refractivity contribution in [1.29, 1.82) is 0 Å². The number of aromatic carboxylic acids is 1. The van der Waals surface area contributed by atoms with Crippen LogP contribution in [0.3, 0.4) is 0 Å². The summed E-state index contributed by atoms with van der Waals surface area (Å²) in [5, 5.41) is 11.7. The number of amides is 2. The normalized spacial score (nSPS) is 14.4. The summed E-state index contributed by atoms with van der Waals surface area (Å²) in [7, 11) is 0. The third-order valence-corrected chi connectivity index (χ3v) is 7.01. The fourth-order valence-corrected chi connectivity index (χ4v) is 4.97. The first-order valence-corrected chi connectivity index (χ1v) is 13.5. The van der Waals surface area contributed by atoms with Gasteiger partial charge in [-0.3, -0.25) is 19.8 Å². The number of hydrogen-bond donors (Lipinski definition) is 2. The standard InChI is InChI=1S/C27H20BrIN2O6S/c1-2-36-22-12-16(11-21(29)23(22)37-14-15-6-8-18(28)9-7-15)10-20-24(32)30-27(38)31(25(20)33)19-5-3-4-17(13-19)26(34)35/h3-13H,2,14H2,1H3,(H,34,35)(H,30,32,38). The minimum atomic E-state index is -1.15. The molecule has 194 valence electrons. The fraction of sp³-hybridized carbons (Fsp3) is 0.111. The molecule has 1 heterocycles. The number of nitrogens with zero attached hydrogens (tertiary/aromatic N) is 1. The molecule has 1 saturated heterocycles. The molecule has 0 radical (unpaired) electrons. The minimum Gasteiger partial charge on any atom is -0.490 e. The Labute approximate surface area is 245 Å². The van der Waals surface area contributed by atoms with Gasteiger partial charge in [0.25, 0.3) is 11.8 Å². The Morgan fingerprint density at radius 1 is 1.13 bits per heavy atom. The Morgan fingerprint density at radius 3 is 2.55 bits per heavy atom. The van der Waals surface area contributed by atoms with E-state index < -0.39 is 17.8 Å². The Morgan fingerprint density at radius 2 is 1.87 bits per heavy atom. The zero-order chi connectivity index (χ0) is 27.4. The number of benzene rings is 3. The van der Waals surface area contributed by atoms with Gasteiger partial charge in [0.05, 0.1) is 21.4 Å². The average molecular weight is 707 g/mol. The molecule has 2 amide bonds. The Balaban J connectivity index is 1.66. The van der Waals surface area contributed by atoms with Crippen molar-refractivity contribution < 1.29 is 29.0 Å². The van der Waals surface area contributed by atoms with E-state index in [0.717, 1.165) is 18.5 Å². The number of carboxylic acid groups (broad SMARTS) is 1. The molecule has 0 aliphatic carbocycles. The second kappa shape index (κ2) is 12.0. The smallest absolute Gasteiger partial charge is 0.335 e. The van der Waals surface area contributed by atoms with Crippen molar-refractivity contribution in [2.75, 3.05) is 11.5 Å². The number of rotatable bonds is 8. The summed E-state index contributed by atoms with van der Waals surface area (Å²) >= 11 is 10.8. The van der Waals surface area contributed by atoms with Gasteiger partial charge in [0.2, 0.25) is 0 Å². The van der Waals surface area contributed by atoms with E-state index in [1.54, 1.807) is 18.2 Å².